The van der Waals surface area contributed by atoms with Crippen LogP contribution >= 0.6 is 0 Å². The first-order chi connectivity index (χ1) is 12.6. The highest BCUT2D eigenvalue weighted by Crippen LogP contribution is 2.29. The van der Waals surface area contributed by atoms with Gasteiger partial charge in [-0.2, -0.15) is 13.2 Å². The number of aromatic amines is 1. The number of hydrogen-bond donors (Lipinski definition) is 2. The normalized spacial score (nSPS) is 11.1. The third kappa shape index (κ3) is 6.27. The maximum absolute atomic E-state index is 12.6. The highest BCUT2D eigenvalue weighted by molar-refractivity contribution is 5.94. The van der Waals surface area contributed by atoms with E-state index in [1.165, 1.54) is 12.1 Å². The summed E-state index contributed by atoms with van der Waals surface area (Å²) in [4.78, 5) is 26.1. The first kappa shape index (κ1) is 22.5. The maximum Gasteiger partial charge on any atom is 0.389 e. The Morgan fingerprint density at radius 1 is 1.19 bits per heavy atom. The molecule has 2 rings (SSSR count). The average molecular weight is 382 g/mol. The summed E-state index contributed by atoms with van der Waals surface area (Å²) in [5.41, 5.74) is 6.78. The lowest BCUT2D eigenvalue weighted by Crippen LogP contribution is -2.19. The third-order valence-electron chi connectivity index (χ3n) is 3.89. The van der Waals surface area contributed by atoms with E-state index in [0.717, 1.165) is 0 Å². The van der Waals surface area contributed by atoms with Gasteiger partial charge in [-0.1, -0.05) is 39.8 Å². The first-order valence-corrected chi connectivity index (χ1v) is 8.81. The van der Waals surface area contributed by atoms with Crippen molar-refractivity contribution in [3.63, 3.8) is 0 Å². The Morgan fingerprint density at radius 2 is 1.81 bits per heavy atom. The van der Waals surface area contributed by atoms with Gasteiger partial charge >= 0.3 is 6.18 Å². The number of amides is 1. The van der Waals surface area contributed by atoms with Gasteiger partial charge in [0.15, 0.2) is 0 Å². The van der Waals surface area contributed by atoms with Gasteiger partial charge < -0.3 is 10.7 Å². The predicted molar refractivity (Wildman–Crippen MR) is 101 cm³/mol. The summed E-state index contributed by atoms with van der Waals surface area (Å²) in [5, 5.41) is 0. The molecular formula is C20H25F3N2O2. The Kier molecular flexibility index (Phi) is 7.82. The van der Waals surface area contributed by atoms with Gasteiger partial charge in [-0.05, 0) is 36.1 Å². The number of carbonyl (C=O) groups is 1. The molecule has 1 amide bonds. The second-order valence-corrected chi connectivity index (χ2v) is 6.16. The standard InChI is InChI=1S/C18H19F3N2O2.C2H6/c1-10(2)13-9-14(11-4-3-5-12(8-11)16(22)24)15(23-17(13)25)6-7-18(19,20)21;1-2/h3-5,8-10H,6-7H2,1-2H3,(H2,22,24)(H,23,25);1-2H3. The number of alkyl halides is 3. The molecular weight excluding hydrogens is 357 g/mol. The van der Waals surface area contributed by atoms with Crippen LogP contribution in [0.2, 0.25) is 0 Å². The molecule has 0 aliphatic carbocycles. The van der Waals surface area contributed by atoms with E-state index in [1.807, 2.05) is 27.7 Å². The fourth-order valence-corrected chi connectivity index (χ4v) is 2.58. The van der Waals surface area contributed by atoms with Gasteiger partial charge in [0.05, 0.1) is 0 Å². The van der Waals surface area contributed by atoms with Gasteiger partial charge in [0.25, 0.3) is 5.56 Å². The van der Waals surface area contributed by atoms with Crippen molar-refractivity contribution in [3.05, 3.63) is 57.5 Å². The van der Waals surface area contributed by atoms with Crippen LogP contribution in [0, 0.1) is 0 Å². The van der Waals surface area contributed by atoms with Crippen molar-refractivity contribution in [3.8, 4) is 11.1 Å². The number of H-pyrrole nitrogens is 1. The van der Waals surface area contributed by atoms with E-state index in [9.17, 15) is 22.8 Å². The quantitative estimate of drug-likeness (QED) is 0.780. The Bertz CT molecular complexity index is 840. The molecule has 0 fully saturated rings. The third-order valence-corrected chi connectivity index (χ3v) is 3.89. The fraction of sp³-hybridized carbons (Fsp3) is 0.400. The number of benzene rings is 1. The van der Waals surface area contributed by atoms with Crippen LogP contribution in [0.25, 0.3) is 11.1 Å². The number of carbonyl (C=O) groups excluding carboxylic acids is 1. The molecule has 148 valence electrons. The lowest BCUT2D eigenvalue weighted by molar-refractivity contribution is -0.134. The van der Waals surface area contributed by atoms with E-state index in [-0.39, 0.29) is 23.6 Å². The Labute approximate surface area is 156 Å². The fourth-order valence-electron chi connectivity index (χ4n) is 2.58. The van der Waals surface area contributed by atoms with E-state index in [4.69, 9.17) is 5.73 Å². The highest BCUT2D eigenvalue weighted by Gasteiger charge is 2.27. The molecule has 0 spiro atoms. The summed E-state index contributed by atoms with van der Waals surface area (Å²) in [6.45, 7) is 7.65. The lowest BCUT2D eigenvalue weighted by Gasteiger charge is -2.15. The van der Waals surface area contributed by atoms with Gasteiger partial charge in [-0.25, -0.2) is 0 Å². The average Bonchev–Trinajstić information content (AvgIpc) is 2.60. The summed E-state index contributed by atoms with van der Waals surface area (Å²) in [6.07, 6.45) is -5.74. The predicted octanol–water partition coefficient (Wildman–Crippen LogP) is 4.79. The van der Waals surface area contributed by atoms with Crippen molar-refractivity contribution in [2.45, 2.75) is 52.6 Å². The van der Waals surface area contributed by atoms with Crippen LogP contribution in [-0.2, 0) is 6.42 Å². The van der Waals surface area contributed by atoms with Crippen molar-refractivity contribution in [1.29, 1.82) is 0 Å². The Hall–Kier alpha value is -2.57. The van der Waals surface area contributed by atoms with Crippen LogP contribution in [0.15, 0.2) is 35.1 Å². The number of nitrogens with one attached hydrogen (secondary N) is 1. The van der Waals surface area contributed by atoms with Crippen molar-refractivity contribution in [2.24, 2.45) is 5.73 Å². The number of halogens is 3. The van der Waals surface area contributed by atoms with Gasteiger partial charge in [-0.3, -0.25) is 9.59 Å². The summed E-state index contributed by atoms with van der Waals surface area (Å²) in [6, 6.07) is 7.90. The van der Waals surface area contributed by atoms with Crippen molar-refractivity contribution in [1.82, 2.24) is 4.98 Å². The Balaban J connectivity index is 0.00000176. The number of pyridine rings is 1. The SMILES string of the molecule is CC.CC(C)c1cc(-c2cccc(C(N)=O)c2)c(CCC(F)(F)F)[nH]c1=O. The second kappa shape index (κ2) is 9.39. The van der Waals surface area contributed by atoms with Crippen molar-refractivity contribution < 1.29 is 18.0 Å². The lowest BCUT2D eigenvalue weighted by atomic mass is 9.95. The number of aryl methyl sites for hydroxylation is 1. The molecule has 0 saturated carbocycles. The Morgan fingerprint density at radius 3 is 2.33 bits per heavy atom. The molecule has 7 heteroatoms. The number of hydrogen-bond acceptors (Lipinski definition) is 2. The van der Waals surface area contributed by atoms with Crippen molar-refractivity contribution >= 4 is 5.91 Å². The number of rotatable bonds is 5. The smallest absolute Gasteiger partial charge is 0.366 e. The molecule has 0 radical (unpaired) electrons. The first-order valence-electron chi connectivity index (χ1n) is 8.81. The molecule has 1 heterocycles. The minimum absolute atomic E-state index is 0.0986. The van der Waals surface area contributed by atoms with E-state index in [1.54, 1.807) is 18.2 Å². The van der Waals surface area contributed by atoms with Crippen LogP contribution < -0.4 is 11.3 Å². The van der Waals surface area contributed by atoms with Crippen LogP contribution in [0.1, 0.15) is 61.6 Å². The molecule has 4 nitrogen and oxygen atoms in total. The van der Waals surface area contributed by atoms with Crippen LogP contribution in [0.4, 0.5) is 13.2 Å². The monoisotopic (exact) mass is 382 g/mol. The zero-order chi connectivity index (χ0) is 20.8. The number of aromatic nitrogens is 1. The van der Waals surface area contributed by atoms with Gasteiger partial charge in [0.1, 0.15) is 0 Å². The second-order valence-electron chi connectivity index (χ2n) is 6.16. The molecule has 0 atom stereocenters. The minimum atomic E-state index is -4.33. The van der Waals surface area contributed by atoms with E-state index in [0.29, 0.717) is 16.7 Å². The largest absolute Gasteiger partial charge is 0.389 e. The van der Waals surface area contributed by atoms with E-state index in [2.05, 4.69) is 4.98 Å². The number of primary amides is 1. The summed E-state index contributed by atoms with van der Waals surface area (Å²) in [7, 11) is 0. The summed E-state index contributed by atoms with van der Waals surface area (Å²) in [5.74, 6) is -0.731. The van der Waals surface area contributed by atoms with Gasteiger partial charge in [-0.15, -0.1) is 0 Å². The zero-order valence-electron chi connectivity index (χ0n) is 15.9. The molecule has 1 aromatic heterocycles. The zero-order valence-corrected chi connectivity index (χ0v) is 15.9. The molecule has 1 aromatic carbocycles. The summed E-state index contributed by atoms with van der Waals surface area (Å²) < 4.78 is 37.8. The van der Waals surface area contributed by atoms with E-state index >= 15 is 0 Å². The van der Waals surface area contributed by atoms with Crippen molar-refractivity contribution in [2.75, 3.05) is 0 Å². The van der Waals surface area contributed by atoms with Gasteiger partial charge in [0, 0.05) is 28.8 Å². The molecule has 0 aliphatic heterocycles. The maximum atomic E-state index is 12.6. The highest BCUT2D eigenvalue weighted by atomic mass is 19.4. The molecule has 0 saturated heterocycles. The van der Waals surface area contributed by atoms with Crippen LogP contribution in [-0.4, -0.2) is 17.1 Å². The molecule has 0 aliphatic rings. The molecule has 27 heavy (non-hydrogen) atoms. The summed E-state index contributed by atoms with van der Waals surface area (Å²) >= 11 is 0. The molecule has 0 bridgehead atoms. The van der Waals surface area contributed by atoms with Crippen LogP contribution in [0.5, 0.6) is 0 Å². The van der Waals surface area contributed by atoms with Crippen LogP contribution in [0.3, 0.4) is 0 Å². The van der Waals surface area contributed by atoms with E-state index < -0.39 is 24.1 Å². The topological polar surface area (TPSA) is 76.0 Å². The molecule has 3 N–H and O–H groups in total. The molecule has 0 unspecified atom stereocenters. The molecule has 2 aromatic rings. The van der Waals surface area contributed by atoms with Gasteiger partial charge in [0.2, 0.25) is 5.91 Å². The number of nitrogens with two attached hydrogens (primary N) is 1. The minimum Gasteiger partial charge on any atom is -0.366 e.